The monoisotopic (exact) mass is 723 g/mol. The summed E-state index contributed by atoms with van der Waals surface area (Å²) < 4.78 is 64.5. The number of amides is 1. The van der Waals surface area contributed by atoms with Gasteiger partial charge in [-0.2, -0.15) is 5.26 Å². The SMILES string of the molecule is COC(=O)c1ccc2nc(Cc3cc(F)c(-c4cccc(OCc5ccc(C#N)cc5F)n4)cc3F)n([C@H]3CN(C(=O)OC(C)(C)C)CC34CC4)c2c1. The van der Waals surface area contributed by atoms with Crippen LogP contribution in [0.25, 0.3) is 22.3 Å². The van der Waals surface area contributed by atoms with Crippen molar-refractivity contribution in [2.24, 2.45) is 5.41 Å². The molecule has 0 bridgehead atoms. The zero-order chi connectivity index (χ0) is 37.7. The number of hydrogen-bond acceptors (Lipinski definition) is 8. The number of pyridine rings is 1. The molecule has 1 aliphatic heterocycles. The smallest absolute Gasteiger partial charge is 0.410 e. The quantitative estimate of drug-likeness (QED) is 0.148. The Kier molecular flexibility index (Phi) is 9.10. The molecule has 1 aliphatic carbocycles. The third-order valence-electron chi connectivity index (χ3n) is 9.69. The third kappa shape index (κ3) is 7.13. The number of halogens is 3. The molecule has 0 unspecified atom stereocenters. The summed E-state index contributed by atoms with van der Waals surface area (Å²) in [6.45, 7) is 6.02. The highest BCUT2D eigenvalue weighted by Gasteiger charge is 2.58. The Labute approximate surface area is 303 Å². The van der Waals surface area contributed by atoms with Crippen LogP contribution in [0.5, 0.6) is 5.88 Å². The standard InChI is InChI=1S/C40H36F3N5O5/c1-39(2,3)53-38(50)47-20-34(40(22-47)12-13-40)48-33-16-24(37(49)51-4)10-11-32(33)45-35(48)17-26-15-30(43)27(18-29(26)42)31-6-5-7-36(46-31)52-21-25-9-8-23(19-44)14-28(25)41/h5-11,14-16,18,34H,12-13,17,20-22H2,1-4H3/t34-/m0/s1. The second-order valence-corrected chi connectivity index (χ2v) is 14.5. The Balaban J connectivity index is 1.20. The maximum Gasteiger partial charge on any atom is 0.410 e. The topological polar surface area (TPSA) is 120 Å². The molecule has 13 heteroatoms. The lowest BCUT2D eigenvalue weighted by Crippen LogP contribution is -2.35. The lowest BCUT2D eigenvalue weighted by molar-refractivity contribution is 0.0282. The largest absolute Gasteiger partial charge is 0.473 e. The summed E-state index contributed by atoms with van der Waals surface area (Å²) >= 11 is 0. The van der Waals surface area contributed by atoms with Crippen molar-refractivity contribution < 1.29 is 37.0 Å². The summed E-state index contributed by atoms with van der Waals surface area (Å²) in [4.78, 5) is 36.6. The molecule has 10 nitrogen and oxygen atoms in total. The molecule has 7 rings (SSSR count). The Bertz CT molecular complexity index is 2310. The van der Waals surface area contributed by atoms with Crippen molar-refractivity contribution in [1.82, 2.24) is 19.4 Å². The first-order valence-electron chi connectivity index (χ1n) is 17.1. The number of likely N-dealkylation sites (tertiary alicyclic amines) is 1. The van der Waals surface area contributed by atoms with Crippen molar-refractivity contribution in [2.75, 3.05) is 20.2 Å². The molecular weight excluding hydrogens is 687 g/mol. The average Bonchev–Trinajstić information content (AvgIpc) is 3.68. The van der Waals surface area contributed by atoms with Gasteiger partial charge in [-0.05, 0) is 87.7 Å². The fraction of sp³-hybridized carbons (Fsp3) is 0.325. The van der Waals surface area contributed by atoms with Gasteiger partial charge in [0.25, 0.3) is 0 Å². The second-order valence-electron chi connectivity index (χ2n) is 14.5. The zero-order valence-corrected chi connectivity index (χ0v) is 29.6. The van der Waals surface area contributed by atoms with Crippen LogP contribution < -0.4 is 4.74 Å². The molecule has 3 aromatic carbocycles. The van der Waals surface area contributed by atoms with Crippen LogP contribution in [0.15, 0.2) is 66.7 Å². The van der Waals surface area contributed by atoms with Crippen LogP contribution in [0.1, 0.15) is 72.5 Å². The van der Waals surface area contributed by atoms with Gasteiger partial charge in [-0.25, -0.2) is 32.7 Å². The van der Waals surface area contributed by atoms with Gasteiger partial charge in [0.2, 0.25) is 5.88 Å². The number of nitrogens with zero attached hydrogens (tertiary/aromatic N) is 5. The number of ether oxygens (including phenoxy) is 3. The zero-order valence-electron chi connectivity index (χ0n) is 29.6. The molecule has 1 atom stereocenters. The number of aromatic nitrogens is 3. The summed E-state index contributed by atoms with van der Waals surface area (Å²) in [6.07, 6.45) is 1.18. The van der Waals surface area contributed by atoms with Crippen LogP contribution in [0, 0.1) is 34.2 Å². The van der Waals surface area contributed by atoms with E-state index in [0.29, 0.717) is 35.5 Å². The normalized spacial score (nSPS) is 16.1. The number of esters is 1. The lowest BCUT2D eigenvalue weighted by Gasteiger charge is -2.25. The number of methoxy groups -OCH3 is 1. The van der Waals surface area contributed by atoms with Gasteiger partial charge in [0.15, 0.2) is 0 Å². The van der Waals surface area contributed by atoms with Gasteiger partial charge in [0, 0.05) is 42.1 Å². The number of benzene rings is 3. The first-order chi connectivity index (χ1) is 25.3. The molecule has 2 aromatic heterocycles. The first kappa shape index (κ1) is 35.5. The number of nitriles is 1. The summed E-state index contributed by atoms with van der Waals surface area (Å²) in [5, 5.41) is 8.98. The van der Waals surface area contributed by atoms with E-state index in [1.165, 1.54) is 31.4 Å². The van der Waals surface area contributed by atoms with Gasteiger partial charge < -0.3 is 23.7 Å². The number of fused-ring (bicyclic) bond motifs is 1. The van der Waals surface area contributed by atoms with Gasteiger partial charge in [-0.15, -0.1) is 0 Å². The predicted molar refractivity (Wildman–Crippen MR) is 187 cm³/mol. The predicted octanol–water partition coefficient (Wildman–Crippen LogP) is 7.92. The molecular formula is C40H36F3N5O5. The fourth-order valence-electron chi connectivity index (χ4n) is 6.91. The maximum absolute atomic E-state index is 16.0. The van der Waals surface area contributed by atoms with E-state index in [1.807, 2.05) is 31.4 Å². The van der Waals surface area contributed by atoms with E-state index in [-0.39, 0.29) is 58.3 Å². The van der Waals surface area contributed by atoms with E-state index < -0.39 is 35.1 Å². The third-order valence-corrected chi connectivity index (χ3v) is 9.69. The second kappa shape index (κ2) is 13.6. The van der Waals surface area contributed by atoms with Gasteiger partial charge in [0.05, 0.1) is 47.1 Å². The molecule has 1 spiro atoms. The molecule has 1 saturated carbocycles. The number of carbonyl (C=O) groups excluding carboxylic acids is 2. The molecule has 0 N–H and O–H groups in total. The molecule has 5 aromatic rings. The summed E-state index contributed by atoms with van der Waals surface area (Å²) in [5.41, 5.74) is 0.962. The first-order valence-corrected chi connectivity index (χ1v) is 17.1. The summed E-state index contributed by atoms with van der Waals surface area (Å²) in [5.74, 6) is -2.04. The Morgan fingerprint density at radius 1 is 0.962 bits per heavy atom. The van der Waals surface area contributed by atoms with E-state index in [4.69, 9.17) is 24.5 Å². The van der Waals surface area contributed by atoms with Crippen molar-refractivity contribution in [3.63, 3.8) is 0 Å². The minimum absolute atomic E-state index is 0.0477. The molecule has 2 aliphatic rings. The molecule has 2 fully saturated rings. The Hall–Kier alpha value is -5.90. The van der Waals surface area contributed by atoms with Crippen LogP contribution in [-0.4, -0.2) is 57.3 Å². The molecule has 1 amide bonds. The van der Waals surface area contributed by atoms with Gasteiger partial charge >= 0.3 is 12.1 Å². The molecule has 272 valence electrons. The van der Waals surface area contributed by atoms with Crippen LogP contribution in [0.4, 0.5) is 18.0 Å². The molecule has 0 radical (unpaired) electrons. The Morgan fingerprint density at radius 2 is 1.74 bits per heavy atom. The van der Waals surface area contributed by atoms with E-state index in [9.17, 15) is 14.0 Å². The van der Waals surface area contributed by atoms with E-state index in [0.717, 1.165) is 31.0 Å². The van der Waals surface area contributed by atoms with E-state index in [2.05, 4.69) is 4.98 Å². The average molecular weight is 724 g/mol. The fourth-order valence-corrected chi connectivity index (χ4v) is 6.91. The van der Waals surface area contributed by atoms with Gasteiger partial charge in [-0.3, -0.25) is 0 Å². The number of hydrogen-bond donors (Lipinski definition) is 0. The maximum atomic E-state index is 16.0. The van der Waals surface area contributed by atoms with Crippen molar-refractivity contribution in [3.05, 3.63) is 112 Å². The summed E-state index contributed by atoms with van der Waals surface area (Å²) in [7, 11) is 1.29. The van der Waals surface area contributed by atoms with Crippen LogP contribution in [0.3, 0.4) is 0 Å². The van der Waals surface area contributed by atoms with Crippen LogP contribution >= 0.6 is 0 Å². The Morgan fingerprint density at radius 3 is 2.43 bits per heavy atom. The van der Waals surface area contributed by atoms with E-state index in [1.54, 1.807) is 29.2 Å². The molecule has 3 heterocycles. The minimum Gasteiger partial charge on any atom is -0.473 e. The van der Waals surface area contributed by atoms with Crippen molar-refractivity contribution in [2.45, 2.75) is 58.3 Å². The minimum atomic E-state index is -0.726. The highest BCUT2D eigenvalue weighted by Crippen LogP contribution is 2.59. The van der Waals surface area contributed by atoms with Crippen LogP contribution in [0.2, 0.25) is 0 Å². The van der Waals surface area contributed by atoms with Crippen LogP contribution in [-0.2, 0) is 22.5 Å². The van der Waals surface area contributed by atoms with Gasteiger partial charge in [0.1, 0.15) is 35.5 Å². The molecule has 1 saturated heterocycles. The number of rotatable bonds is 8. The lowest BCUT2D eigenvalue weighted by atomic mass is 9.99. The summed E-state index contributed by atoms with van der Waals surface area (Å²) in [6, 6.07) is 17.4. The highest BCUT2D eigenvalue weighted by molar-refractivity contribution is 5.93. The molecule has 53 heavy (non-hydrogen) atoms. The van der Waals surface area contributed by atoms with Crippen molar-refractivity contribution in [1.29, 1.82) is 5.26 Å². The highest BCUT2D eigenvalue weighted by atomic mass is 19.1. The van der Waals surface area contributed by atoms with Gasteiger partial charge in [-0.1, -0.05) is 12.1 Å². The van der Waals surface area contributed by atoms with E-state index >= 15 is 8.78 Å². The van der Waals surface area contributed by atoms with Crippen molar-refractivity contribution >= 4 is 23.1 Å². The number of carbonyl (C=O) groups is 2. The number of imidazole rings is 1. The van der Waals surface area contributed by atoms with Crippen molar-refractivity contribution in [3.8, 4) is 23.2 Å².